The Labute approximate surface area is 131 Å². The smallest absolute Gasteiger partial charge is 0.369 e. The molecule has 1 fully saturated rings. The molecular weight excluding hydrogens is 345 g/mol. The Morgan fingerprint density at radius 2 is 2.14 bits per heavy atom. The molecular formula is C15H20BrF3N2. The fourth-order valence-electron chi connectivity index (χ4n) is 2.76. The molecule has 1 atom stereocenters. The van der Waals surface area contributed by atoms with Gasteiger partial charge in [0, 0.05) is 23.6 Å². The van der Waals surface area contributed by atoms with Crippen molar-refractivity contribution in [2.45, 2.75) is 38.4 Å². The molecule has 2 nitrogen and oxygen atoms in total. The van der Waals surface area contributed by atoms with E-state index >= 15 is 0 Å². The van der Waals surface area contributed by atoms with Gasteiger partial charge in [-0.25, -0.2) is 0 Å². The maximum Gasteiger partial charge on any atom is 0.418 e. The van der Waals surface area contributed by atoms with Crippen LogP contribution in [0, 0.1) is 0 Å². The molecule has 0 radical (unpaired) electrons. The number of nitrogens with zero attached hydrogens (tertiary/aromatic N) is 1. The van der Waals surface area contributed by atoms with E-state index in [-0.39, 0.29) is 11.7 Å². The summed E-state index contributed by atoms with van der Waals surface area (Å²) in [7, 11) is 0. The lowest BCUT2D eigenvalue weighted by molar-refractivity contribution is -0.137. The number of rotatable bonds is 5. The van der Waals surface area contributed by atoms with E-state index in [1.165, 1.54) is 6.07 Å². The third-order valence-electron chi connectivity index (χ3n) is 3.70. The molecule has 0 bridgehead atoms. The van der Waals surface area contributed by atoms with E-state index in [1.807, 2.05) is 11.8 Å². The lowest BCUT2D eigenvalue weighted by Crippen LogP contribution is -2.39. The summed E-state index contributed by atoms with van der Waals surface area (Å²) in [6.45, 7) is 4.18. The minimum absolute atomic E-state index is 0.271. The summed E-state index contributed by atoms with van der Waals surface area (Å²) in [4.78, 5) is 1.86. The van der Waals surface area contributed by atoms with E-state index in [0.717, 1.165) is 31.9 Å². The van der Waals surface area contributed by atoms with Crippen LogP contribution < -0.4 is 10.2 Å². The van der Waals surface area contributed by atoms with Gasteiger partial charge < -0.3 is 10.2 Å². The van der Waals surface area contributed by atoms with E-state index in [9.17, 15) is 13.2 Å². The maximum atomic E-state index is 13.2. The van der Waals surface area contributed by atoms with Crippen LogP contribution in [-0.4, -0.2) is 25.7 Å². The van der Waals surface area contributed by atoms with E-state index in [1.54, 1.807) is 6.07 Å². The van der Waals surface area contributed by atoms with Crippen LogP contribution in [0.1, 0.15) is 31.7 Å². The highest BCUT2D eigenvalue weighted by Crippen LogP contribution is 2.38. The molecule has 0 aromatic heterocycles. The van der Waals surface area contributed by atoms with Crippen LogP contribution in [0.5, 0.6) is 0 Å². The zero-order chi connectivity index (χ0) is 15.5. The summed E-state index contributed by atoms with van der Waals surface area (Å²) in [6, 6.07) is 4.46. The maximum absolute atomic E-state index is 13.2. The topological polar surface area (TPSA) is 15.3 Å². The van der Waals surface area contributed by atoms with Crippen LogP contribution in [0.15, 0.2) is 22.7 Å². The van der Waals surface area contributed by atoms with Crippen LogP contribution in [0.3, 0.4) is 0 Å². The molecule has 1 aromatic rings. The van der Waals surface area contributed by atoms with Crippen LogP contribution in [0.25, 0.3) is 0 Å². The fourth-order valence-corrected chi connectivity index (χ4v) is 3.11. The highest BCUT2D eigenvalue weighted by atomic mass is 79.9. The zero-order valence-corrected chi connectivity index (χ0v) is 13.6. The molecule has 6 heteroatoms. The zero-order valence-electron chi connectivity index (χ0n) is 12.0. The van der Waals surface area contributed by atoms with Gasteiger partial charge in [-0.05, 0) is 44.0 Å². The molecule has 1 aliphatic rings. The number of halogens is 4. The molecule has 1 N–H and O–H groups in total. The van der Waals surface area contributed by atoms with E-state index in [0.29, 0.717) is 17.6 Å². The largest absolute Gasteiger partial charge is 0.418 e. The van der Waals surface area contributed by atoms with Gasteiger partial charge in [-0.1, -0.05) is 22.9 Å². The van der Waals surface area contributed by atoms with Crippen molar-refractivity contribution in [2.24, 2.45) is 0 Å². The normalized spacial score (nSPS) is 19.0. The second kappa shape index (κ2) is 7.01. The molecule has 0 aliphatic carbocycles. The lowest BCUT2D eigenvalue weighted by Gasteiger charge is -2.30. The first-order chi connectivity index (χ1) is 9.91. The fraction of sp³-hybridized carbons (Fsp3) is 0.600. The first-order valence-corrected chi connectivity index (χ1v) is 8.06. The third-order valence-corrected chi connectivity index (χ3v) is 4.20. The Morgan fingerprint density at radius 1 is 1.38 bits per heavy atom. The van der Waals surface area contributed by atoms with E-state index in [2.05, 4.69) is 21.2 Å². The third kappa shape index (κ3) is 4.36. The predicted molar refractivity (Wildman–Crippen MR) is 82.7 cm³/mol. The van der Waals surface area contributed by atoms with Crippen molar-refractivity contribution < 1.29 is 13.2 Å². The Hall–Kier alpha value is -0.750. The Morgan fingerprint density at radius 3 is 2.71 bits per heavy atom. The molecule has 0 amide bonds. The number of alkyl halides is 3. The highest BCUT2D eigenvalue weighted by molar-refractivity contribution is 9.10. The monoisotopic (exact) mass is 364 g/mol. The average Bonchev–Trinajstić information content (AvgIpc) is 2.89. The number of hydrogen-bond acceptors (Lipinski definition) is 2. The van der Waals surface area contributed by atoms with Gasteiger partial charge >= 0.3 is 6.18 Å². The second-order valence-corrected chi connectivity index (χ2v) is 6.31. The van der Waals surface area contributed by atoms with Crippen LogP contribution in [0.2, 0.25) is 0 Å². The van der Waals surface area contributed by atoms with E-state index in [4.69, 9.17) is 0 Å². The molecule has 1 saturated heterocycles. The summed E-state index contributed by atoms with van der Waals surface area (Å²) in [5.41, 5.74) is -0.287. The van der Waals surface area contributed by atoms with Gasteiger partial charge in [-0.2, -0.15) is 13.2 Å². The summed E-state index contributed by atoms with van der Waals surface area (Å²) in [5.74, 6) is 0. The van der Waals surface area contributed by atoms with Crippen molar-refractivity contribution in [1.29, 1.82) is 0 Å². The van der Waals surface area contributed by atoms with Crippen molar-refractivity contribution in [3.05, 3.63) is 28.2 Å². The standard InChI is InChI=1S/C15H20BrF3N2/c1-2-8-21(10-12-4-3-7-20-12)14-9-11(16)5-6-13(14)15(17,18)19/h5-6,9,12,20H,2-4,7-8,10H2,1H3. The summed E-state index contributed by atoms with van der Waals surface area (Å²) in [5, 5.41) is 3.35. The van der Waals surface area contributed by atoms with Crippen molar-refractivity contribution >= 4 is 21.6 Å². The minimum Gasteiger partial charge on any atom is -0.369 e. The quantitative estimate of drug-likeness (QED) is 0.830. The summed E-state index contributed by atoms with van der Waals surface area (Å²) >= 11 is 3.29. The molecule has 2 rings (SSSR count). The molecule has 0 spiro atoms. The van der Waals surface area contributed by atoms with Gasteiger partial charge in [0.2, 0.25) is 0 Å². The van der Waals surface area contributed by atoms with Crippen LogP contribution in [0.4, 0.5) is 18.9 Å². The molecule has 1 heterocycles. The number of anilines is 1. The second-order valence-electron chi connectivity index (χ2n) is 5.40. The molecule has 1 aromatic carbocycles. The van der Waals surface area contributed by atoms with Crippen LogP contribution in [-0.2, 0) is 6.18 Å². The molecule has 21 heavy (non-hydrogen) atoms. The first kappa shape index (κ1) is 16.6. The van der Waals surface area contributed by atoms with Gasteiger partial charge in [0.25, 0.3) is 0 Å². The van der Waals surface area contributed by atoms with Crippen molar-refractivity contribution in [3.8, 4) is 0 Å². The number of hydrogen-bond donors (Lipinski definition) is 1. The number of nitrogens with one attached hydrogen (secondary N) is 1. The van der Waals surface area contributed by atoms with Gasteiger partial charge in [0.05, 0.1) is 11.3 Å². The van der Waals surface area contributed by atoms with Crippen LogP contribution >= 0.6 is 15.9 Å². The minimum atomic E-state index is -4.33. The van der Waals surface area contributed by atoms with Gasteiger partial charge in [-0.3, -0.25) is 0 Å². The van der Waals surface area contributed by atoms with Crippen molar-refractivity contribution in [2.75, 3.05) is 24.5 Å². The Balaban J connectivity index is 2.31. The van der Waals surface area contributed by atoms with Crippen molar-refractivity contribution in [1.82, 2.24) is 5.32 Å². The molecule has 1 aliphatic heterocycles. The molecule has 1 unspecified atom stereocenters. The highest BCUT2D eigenvalue weighted by Gasteiger charge is 2.35. The SMILES string of the molecule is CCCN(CC1CCCN1)c1cc(Br)ccc1C(F)(F)F. The summed E-state index contributed by atoms with van der Waals surface area (Å²) in [6.07, 6.45) is -1.40. The first-order valence-electron chi connectivity index (χ1n) is 7.27. The average molecular weight is 365 g/mol. The lowest BCUT2D eigenvalue weighted by atomic mass is 10.1. The van der Waals surface area contributed by atoms with E-state index < -0.39 is 11.7 Å². The summed E-state index contributed by atoms with van der Waals surface area (Å²) < 4.78 is 40.4. The van der Waals surface area contributed by atoms with Gasteiger partial charge in [0.1, 0.15) is 0 Å². The number of benzene rings is 1. The molecule has 0 saturated carbocycles. The van der Waals surface area contributed by atoms with Crippen molar-refractivity contribution in [3.63, 3.8) is 0 Å². The Bertz CT molecular complexity index is 470. The van der Waals surface area contributed by atoms with Gasteiger partial charge in [0.15, 0.2) is 0 Å². The predicted octanol–water partition coefficient (Wildman–Crippen LogP) is 4.44. The molecule has 118 valence electrons. The van der Waals surface area contributed by atoms with Gasteiger partial charge in [-0.15, -0.1) is 0 Å². The Kier molecular flexibility index (Phi) is 5.54.